The van der Waals surface area contributed by atoms with E-state index in [0.29, 0.717) is 11.5 Å². The van der Waals surface area contributed by atoms with Crippen molar-refractivity contribution in [2.24, 2.45) is 11.1 Å². The van der Waals surface area contributed by atoms with Crippen molar-refractivity contribution in [1.29, 1.82) is 0 Å². The predicted octanol–water partition coefficient (Wildman–Crippen LogP) is -0.0559. The molecule has 1 saturated heterocycles. The van der Waals surface area contributed by atoms with Crippen LogP contribution in [0, 0.1) is 5.41 Å². The first-order valence-electron chi connectivity index (χ1n) is 3.47. The van der Waals surface area contributed by atoms with Crippen LogP contribution in [0.2, 0.25) is 0 Å². The van der Waals surface area contributed by atoms with Crippen LogP contribution in [0.4, 0.5) is 0 Å². The standard InChI is InChI=1S/C6H11NO2S.ClH/c7-5-1-6(2-5)3-10(8,9)4-6;/h5H,1-4,7H2;1H. The third-order valence-electron chi connectivity index (χ3n) is 2.44. The van der Waals surface area contributed by atoms with Gasteiger partial charge < -0.3 is 5.73 Å². The number of nitrogens with two attached hydrogens (primary N) is 1. The Morgan fingerprint density at radius 1 is 1.27 bits per heavy atom. The molecular weight excluding hydrogens is 186 g/mol. The monoisotopic (exact) mass is 197 g/mol. The maximum absolute atomic E-state index is 10.8. The summed E-state index contributed by atoms with van der Waals surface area (Å²) in [5.74, 6) is 0.793. The van der Waals surface area contributed by atoms with Gasteiger partial charge in [0.25, 0.3) is 0 Å². The highest BCUT2D eigenvalue weighted by atomic mass is 35.5. The number of halogens is 1. The van der Waals surface area contributed by atoms with Crippen molar-refractivity contribution in [2.45, 2.75) is 18.9 Å². The van der Waals surface area contributed by atoms with E-state index < -0.39 is 9.84 Å². The van der Waals surface area contributed by atoms with Gasteiger partial charge in [-0.3, -0.25) is 0 Å². The highest BCUT2D eigenvalue weighted by Gasteiger charge is 2.55. The van der Waals surface area contributed by atoms with Gasteiger partial charge in [0, 0.05) is 11.5 Å². The molecule has 0 atom stereocenters. The summed E-state index contributed by atoms with van der Waals surface area (Å²) in [6.45, 7) is 0. The maximum Gasteiger partial charge on any atom is 0.151 e. The van der Waals surface area contributed by atoms with E-state index in [9.17, 15) is 8.42 Å². The molecule has 1 aliphatic heterocycles. The Hall–Kier alpha value is 0.200. The smallest absolute Gasteiger partial charge is 0.151 e. The zero-order valence-corrected chi connectivity index (χ0v) is 7.75. The van der Waals surface area contributed by atoms with E-state index in [-0.39, 0.29) is 23.9 Å². The minimum Gasteiger partial charge on any atom is -0.328 e. The predicted molar refractivity (Wildman–Crippen MR) is 45.5 cm³/mol. The van der Waals surface area contributed by atoms with Crippen molar-refractivity contribution >= 4 is 22.2 Å². The molecule has 2 N–H and O–H groups in total. The molecular formula is C6H12ClNO2S. The second-order valence-electron chi connectivity index (χ2n) is 3.70. The van der Waals surface area contributed by atoms with Crippen LogP contribution < -0.4 is 5.73 Å². The quantitative estimate of drug-likeness (QED) is 0.592. The van der Waals surface area contributed by atoms with Crippen LogP contribution in [0.5, 0.6) is 0 Å². The van der Waals surface area contributed by atoms with E-state index in [0.717, 1.165) is 12.8 Å². The fraction of sp³-hybridized carbons (Fsp3) is 1.00. The minimum absolute atomic E-state index is 0. The number of sulfone groups is 1. The van der Waals surface area contributed by atoms with Crippen molar-refractivity contribution < 1.29 is 8.42 Å². The van der Waals surface area contributed by atoms with Crippen LogP contribution in [-0.4, -0.2) is 26.0 Å². The van der Waals surface area contributed by atoms with Crippen molar-refractivity contribution in [3.63, 3.8) is 0 Å². The Kier molecular flexibility index (Phi) is 1.98. The molecule has 0 unspecified atom stereocenters. The molecule has 66 valence electrons. The van der Waals surface area contributed by atoms with Gasteiger partial charge in [-0.05, 0) is 12.8 Å². The van der Waals surface area contributed by atoms with Crippen LogP contribution in [0.3, 0.4) is 0 Å². The molecule has 3 nitrogen and oxygen atoms in total. The van der Waals surface area contributed by atoms with Gasteiger partial charge in [0.15, 0.2) is 9.84 Å². The van der Waals surface area contributed by atoms with Gasteiger partial charge in [-0.2, -0.15) is 0 Å². The fourth-order valence-electron chi connectivity index (χ4n) is 2.18. The van der Waals surface area contributed by atoms with Gasteiger partial charge in [-0.15, -0.1) is 12.4 Å². The molecule has 0 bridgehead atoms. The summed E-state index contributed by atoms with van der Waals surface area (Å²) in [5, 5.41) is 0. The molecule has 1 aliphatic carbocycles. The highest BCUT2D eigenvalue weighted by Crippen LogP contribution is 2.48. The van der Waals surface area contributed by atoms with Crippen LogP contribution in [-0.2, 0) is 9.84 Å². The zero-order valence-electron chi connectivity index (χ0n) is 6.12. The third kappa shape index (κ3) is 1.39. The summed E-state index contributed by atoms with van der Waals surface area (Å²) in [6, 6.07) is 0.274. The molecule has 11 heavy (non-hydrogen) atoms. The minimum atomic E-state index is -2.63. The molecule has 0 radical (unpaired) electrons. The highest BCUT2D eigenvalue weighted by molar-refractivity contribution is 7.92. The van der Waals surface area contributed by atoms with Crippen LogP contribution in [0.1, 0.15) is 12.8 Å². The Labute approximate surface area is 72.7 Å². The van der Waals surface area contributed by atoms with E-state index >= 15 is 0 Å². The van der Waals surface area contributed by atoms with Gasteiger partial charge in [0.1, 0.15) is 0 Å². The van der Waals surface area contributed by atoms with Gasteiger partial charge in [0.05, 0.1) is 11.5 Å². The Morgan fingerprint density at radius 3 is 2.00 bits per heavy atom. The van der Waals surface area contributed by atoms with E-state index in [4.69, 9.17) is 5.73 Å². The van der Waals surface area contributed by atoms with Gasteiger partial charge in [0.2, 0.25) is 0 Å². The summed E-state index contributed by atoms with van der Waals surface area (Å²) < 4.78 is 21.5. The number of rotatable bonds is 0. The largest absolute Gasteiger partial charge is 0.328 e. The number of hydrogen-bond donors (Lipinski definition) is 1. The zero-order chi connectivity index (χ0) is 7.41. The molecule has 2 fully saturated rings. The van der Waals surface area contributed by atoms with Gasteiger partial charge in [-0.1, -0.05) is 0 Å². The molecule has 5 heteroatoms. The summed E-state index contributed by atoms with van der Waals surface area (Å²) in [5.41, 5.74) is 5.69. The van der Waals surface area contributed by atoms with E-state index in [2.05, 4.69) is 0 Å². The van der Waals surface area contributed by atoms with Crippen LogP contribution >= 0.6 is 12.4 Å². The van der Waals surface area contributed by atoms with Crippen molar-refractivity contribution in [3.8, 4) is 0 Å². The lowest BCUT2D eigenvalue weighted by atomic mass is 9.68. The average Bonchev–Trinajstić information content (AvgIpc) is 1.55. The van der Waals surface area contributed by atoms with E-state index in [1.165, 1.54) is 0 Å². The van der Waals surface area contributed by atoms with E-state index in [1.54, 1.807) is 0 Å². The maximum atomic E-state index is 10.8. The lowest BCUT2D eigenvalue weighted by molar-refractivity contribution is 0.141. The van der Waals surface area contributed by atoms with Crippen LogP contribution in [0.25, 0.3) is 0 Å². The Morgan fingerprint density at radius 2 is 1.73 bits per heavy atom. The summed E-state index contributed by atoms with van der Waals surface area (Å²) in [6.07, 6.45) is 1.85. The number of hydrogen-bond acceptors (Lipinski definition) is 3. The molecule has 1 heterocycles. The first kappa shape index (κ1) is 9.29. The van der Waals surface area contributed by atoms with E-state index in [1.807, 2.05) is 0 Å². The topological polar surface area (TPSA) is 60.2 Å². The SMILES string of the molecule is Cl.NC1CC2(C1)CS(=O)(=O)C2. The third-order valence-corrected chi connectivity index (χ3v) is 4.55. The van der Waals surface area contributed by atoms with Gasteiger partial charge in [-0.25, -0.2) is 8.42 Å². The molecule has 0 amide bonds. The molecule has 0 aromatic rings. The summed E-state index contributed by atoms with van der Waals surface area (Å²) in [4.78, 5) is 0. The van der Waals surface area contributed by atoms with Crippen LogP contribution in [0.15, 0.2) is 0 Å². The molecule has 0 aromatic carbocycles. The Balaban J connectivity index is 0.000000605. The molecule has 2 rings (SSSR count). The lowest BCUT2D eigenvalue weighted by Gasteiger charge is -2.51. The molecule has 1 saturated carbocycles. The van der Waals surface area contributed by atoms with Crippen molar-refractivity contribution in [3.05, 3.63) is 0 Å². The Bertz CT molecular complexity index is 242. The van der Waals surface area contributed by atoms with Crippen molar-refractivity contribution in [1.82, 2.24) is 0 Å². The lowest BCUT2D eigenvalue weighted by Crippen LogP contribution is -2.60. The fourth-order valence-corrected chi connectivity index (χ4v) is 4.43. The summed E-state index contributed by atoms with van der Waals surface area (Å²) in [7, 11) is -2.63. The average molecular weight is 198 g/mol. The molecule has 2 aliphatic rings. The summed E-state index contributed by atoms with van der Waals surface area (Å²) >= 11 is 0. The second kappa shape index (κ2) is 2.34. The van der Waals surface area contributed by atoms with Gasteiger partial charge >= 0.3 is 0 Å². The normalized spacial score (nSPS) is 31.7. The molecule has 1 spiro atoms. The first-order chi connectivity index (χ1) is 4.52. The van der Waals surface area contributed by atoms with Crippen molar-refractivity contribution in [2.75, 3.05) is 11.5 Å². The second-order valence-corrected chi connectivity index (χ2v) is 5.77. The molecule has 0 aromatic heterocycles. The first-order valence-corrected chi connectivity index (χ1v) is 5.30.